The van der Waals surface area contributed by atoms with Crippen molar-refractivity contribution >= 4 is 22.4 Å². The van der Waals surface area contributed by atoms with Crippen molar-refractivity contribution in [3.05, 3.63) is 59.3 Å². The fraction of sp³-hybridized carbons (Fsp3) is 0.286. The maximum absolute atomic E-state index is 12.6. The van der Waals surface area contributed by atoms with Gasteiger partial charge in [0.2, 0.25) is 5.78 Å². The summed E-state index contributed by atoms with van der Waals surface area (Å²) in [6.07, 6.45) is 5.32. The molecule has 0 unspecified atom stereocenters. The van der Waals surface area contributed by atoms with Crippen LogP contribution in [0.2, 0.25) is 0 Å². The standard InChI is InChI=1S/C21H21N5O2/c1-2-24-8-10-25(11-9-24)16-5-4-15-12-17(20(27)28-19(15)13-16)18-14-26-7-3-6-22-21(26)23-18/h3-7,12-14H,2,8-11H2,1H3. The largest absolute Gasteiger partial charge is 0.422 e. The Morgan fingerprint density at radius 1 is 1.14 bits per heavy atom. The molecule has 28 heavy (non-hydrogen) atoms. The smallest absolute Gasteiger partial charge is 0.345 e. The van der Waals surface area contributed by atoms with E-state index in [1.54, 1.807) is 16.8 Å². The summed E-state index contributed by atoms with van der Waals surface area (Å²) in [6.45, 7) is 7.35. The molecule has 0 spiro atoms. The van der Waals surface area contributed by atoms with E-state index in [9.17, 15) is 4.79 Å². The Hall–Kier alpha value is -3.19. The van der Waals surface area contributed by atoms with Crippen molar-refractivity contribution in [2.45, 2.75) is 6.92 Å². The monoisotopic (exact) mass is 375 g/mol. The van der Waals surface area contributed by atoms with E-state index in [4.69, 9.17) is 4.42 Å². The van der Waals surface area contributed by atoms with Crippen LogP contribution in [0.4, 0.5) is 5.69 Å². The minimum Gasteiger partial charge on any atom is -0.422 e. The molecule has 0 bridgehead atoms. The average molecular weight is 375 g/mol. The minimum atomic E-state index is -0.385. The van der Waals surface area contributed by atoms with Crippen molar-refractivity contribution < 1.29 is 4.42 Å². The highest BCUT2D eigenvalue weighted by Crippen LogP contribution is 2.25. The van der Waals surface area contributed by atoms with Gasteiger partial charge in [0.1, 0.15) is 5.58 Å². The zero-order valence-corrected chi connectivity index (χ0v) is 15.7. The van der Waals surface area contributed by atoms with Crippen molar-refractivity contribution in [2.24, 2.45) is 0 Å². The lowest BCUT2D eigenvalue weighted by Gasteiger charge is -2.35. The van der Waals surface area contributed by atoms with Crippen molar-refractivity contribution in [3.63, 3.8) is 0 Å². The Morgan fingerprint density at radius 3 is 2.79 bits per heavy atom. The summed E-state index contributed by atoms with van der Waals surface area (Å²) in [6, 6.07) is 9.74. The molecule has 1 aliphatic rings. The third-order valence-electron chi connectivity index (χ3n) is 5.42. The van der Waals surface area contributed by atoms with Crippen LogP contribution in [0.1, 0.15) is 6.92 Å². The lowest BCUT2D eigenvalue weighted by molar-refractivity contribution is 0.271. The van der Waals surface area contributed by atoms with Gasteiger partial charge in [0.05, 0.1) is 11.3 Å². The predicted octanol–water partition coefficient (Wildman–Crippen LogP) is 2.64. The van der Waals surface area contributed by atoms with Crippen LogP contribution in [0.3, 0.4) is 0 Å². The van der Waals surface area contributed by atoms with E-state index >= 15 is 0 Å². The second-order valence-corrected chi connectivity index (χ2v) is 7.04. The molecular formula is C21H21N5O2. The molecule has 0 saturated carbocycles. The molecule has 1 saturated heterocycles. The molecule has 0 N–H and O–H groups in total. The van der Waals surface area contributed by atoms with E-state index < -0.39 is 0 Å². The molecule has 5 rings (SSSR count). The van der Waals surface area contributed by atoms with Gasteiger partial charge < -0.3 is 14.2 Å². The Labute approximate surface area is 161 Å². The maximum Gasteiger partial charge on any atom is 0.345 e. The zero-order chi connectivity index (χ0) is 19.1. The summed E-state index contributed by atoms with van der Waals surface area (Å²) in [5, 5.41) is 0.885. The topological polar surface area (TPSA) is 66.9 Å². The lowest BCUT2D eigenvalue weighted by Crippen LogP contribution is -2.46. The first-order valence-electron chi connectivity index (χ1n) is 9.56. The predicted molar refractivity (Wildman–Crippen MR) is 109 cm³/mol. The van der Waals surface area contributed by atoms with Gasteiger partial charge in [-0.15, -0.1) is 0 Å². The Bertz CT molecular complexity index is 1170. The number of fused-ring (bicyclic) bond motifs is 2. The van der Waals surface area contributed by atoms with Gasteiger partial charge in [-0.2, -0.15) is 0 Å². The number of anilines is 1. The van der Waals surface area contributed by atoms with Gasteiger partial charge in [-0.3, -0.25) is 4.40 Å². The summed E-state index contributed by atoms with van der Waals surface area (Å²) in [4.78, 5) is 26.0. The number of nitrogens with zero attached hydrogens (tertiary/aromatic N) is 5. The number of benzene rings is 1. The van der Waals surface area contributed by atoms with Gasteiger partial charge >= 0.3 is 5.63 Å². The highest BCUT2D eigenvalue weighted by atomic mass is 16.4. The van der Waals surface area contributed by atoms with Crippen LogP contribution >= 0.6 is 0 Å². The first-order chi connectivity index (χ1) is 13.7. The molecule has 7 heteroatoms. The van der Waals surface area contributed by atoms with Gasteiger partial charge in [-0.1, -0.05) is 6.92 Å². The molecule has 0 atom stereocenters. The van der Waals surface area contributed by atoms with Gasteiger partial charge in [-0.25, -0.2) is 14.8 Å². The van der Waals surface area contributed by atoms with E-state index in [0.717, 1.165) is 43.8 Å². The van der Waals surface area contributed by atoms with Gasteiger partial charge in [0.15, 0.2) is 0 Å². The molecule has 0 aliphatic carbocycles. The number of piperazine rings is 1. The third-order valence-corrected chi connectivity index (χ3v) is 5.42. The minimum absolute atomic E-state index is 0.385. The number of imidazole rings is 1. The second-order valence-electron chi connectivity index (χ2n) is 7.04. The normalized spacial score (nSPS) is 15.5. The summed E-state index contributed by atoms with van der Waals surface area (Å²) in [5.41, 5.74) is 2.32. The molecule has 1 aliphatic heterocycles. The molecule has 0 amide bonds. The molecule has 7 nitrogen and oxygen atoms in total. The molecule has 0 radical (unpaired) electrons. The van der Waals surface area contributed by atoms with E-state index in [2.05, 4.69) is 32.8 Å². The number of likely N-dealkylation sites (N-methyl/N-ethyl adjacent to an activating group) is 1. The number of rotatable bonds is 3. The Kier molecular flexibility index (Phi) is 4.09. The van der Waals surface area contributed by atoms with Crippen molar-refractivity contribution in [3.8, 4) is 11.3 Å². The highest BCUT2D eigenvalue weighted by Gasteiger charge is 2.17. The fourth-order valence-electron chi connectivity index (χ4n) is 3.76. The first-order valence-corrected chi connectivity index (χ1v) is 9.56. The summed E-state index contributed by atoms with van der Waals surface area (Å²) in [7, 11) is 0. The van der Waals surface area contributed by atoms with Crippen LogP contribution in [0.25, 0.3) is 28.0 Å². The van der Waals surface area contributed by atoms with Crippen molar-refractivity contribution in [2.75, 3.05) is 37.6 Å². The fourth-order valence-corrected chi connectivity index (χ4v) is 3.76. The van der Waals surface area contributed by atoms with Crippen LogP contribution in [-0.2, 0) is 0 Å². The first kappa shape index (κ1) is 16.9. The number of hydrogen-bond acceptors (Lipinski definition) is 6. The average Bonchev–Trinajstić information content (AvgIpc) is 3.17. The van der Waals surface area contributed by atoms with Crippen LogP contribution < -0.4 is 10.5 Å². The number of hydrogen-bond donors (Lipinski definition) is 0. The molecule has 4 heterocycles. The van der Waals surface area contributed by atoms with Crippen LogP contribution in [0.5, 0.6) is 0 Å². The SMILES string of the molecule is CCN1CCN(c2ccc3cc(-c4cn5cccnc5n4)c(=O)oc3c2)CC1. The lowest BCUT2D eigenvalue weighted by atomic mass is 10.1. The highest BCUT2D eigenvalue weighted by molar-refractivity contribution is 5.84. The third kappa shape index (κ3) is 2.93. The summed E-state index contributed by atoms with van der Waals surface area (Å²) in [5.74, 6) is 0.554. The van der Waals surface area contributed by atoms with E-state index in [1.807, 2.05) is 30.5 Å². The van der Waals surface area contributed by atoms with Crippen molar-refractivity contribution in [1.82, 2.24) is 19.3 Å². The Morgan fingerprint density at radius 2 is 2.00 bits per heavy atom. The molecular weight excluding hydrogens is 354 g/mol. The second kappa shape index (κ2) is 6.76. The molecule has 142 valence electrons. The summed E-state index contributed by atoms with van der Waals surface area (Å²) >= 11 is 0. The quantitative estimate of drug-likeness (QED) is 0.513. The summed E-state index contributed by atoms with van der Waals surface area (Å²) < 4.78 is 7.44. The van der Waals surface area contributed by atoms with Crippen molar-refractivity contribution in [1.29, 1.82) is 0 Å². The zero-order valence-electron chi connectivity index (χ0n) is 15.7. The Balaban J connectivity index is 1.50. The molecule has 1 fully saturated rings. The van der Waals surface area contributed by atoms with Crippen LogP contribution in [0.15, 0.2) is 58.1 Å². The van der Waals surface area contributed by atoms with E-state index in [0.29, 0.717) is 22.6 Å². The molecule has 4 aromatic rings. The van der Waals surface area contributed by atoms with Gasteiger partial charge in [-0.05, 0) is 30.8 Å². The van der Waals surface area contributed by atoms with E-state index in [1.165, 1.54) is 0 Å². The molecule has 3 aromatic heterocycles. The number of aromatic nitrogens is 3. The maximum atomic E-state index is 12.6. The van der Waals surface area contributed by atoms with Gasteiger partial charge in [0.25, 0.3) is 0 Å². The molecule has 1 aromatic carbocycles. The van der Waals surface area contributed by atoms with Crippen LogP contribution in [0, 0.1) is 0 Å². The van der Waals surface area contributed by atoms with E-state index in [-0.39, 0.29) is 5.63 Å². The van der Waals surface area contributed by atoms with Gasteiger partial charge in [0, 0.05) is 61.9 Å². The van der Waals surface area contributed by atoms with Crippen LogP contribution in [-0.4, -0.2) is 52.0 Å².